The van der Waals surface area contributed by atoms with E-state index in [4.69, 9.17) is 4.74 Å². The van der Waals surface area contributed by atoms with Gasteiger partial charge in [-0.15, -0.1) is 0 Å². The predicted octanol–water partition coefficient (Wildman–Crippen LogP) is 1.33. The van der Waals surface area contributed by atoms with Gasteiger partial charge in [0.05, 0.1) is 30.6 Å². The smallest absolute Gasteiger partial charge is 0.256 e. The largest absolute Gasteiger partial charge is 0.496 e. The normalized spacial score (nSPS) is 22.5. The molecule has 0 spiro atoms. The van der Waals surface area contributed by atoms with Gasteiger partial charge in [0.2, 0.25) is 11.8 Å². The van der Waals surface area contributed by atoms with Crippen molar-refractivity contribution in [3.05, 3.63) is 58.9 Å². The van der Waals surface area contributed by atoms with Crippen LogP contribution in [-0.4, -0.2) is 63.9 Å². The number of para-hydroxylation sites is 1. The fraction of sp³-hybridized carbons (Fsp3) is 0.440. The number of imide groups is 1. The van der Waals surface area contributed by atoms with Crippen LogP contribution in [0, 0.1) is 0 Å². The molecule has 1 aromatic heterocycles. The Morgan fingerprint density at radius 3 is 2.65 bits per heavy atom. The summed E-state index contributed by atoms with van der Waals surface area (Å²) in [6.45, 7) is 2.35. The number of rotatable bonds is 5. The van der Waals surface area contributed by atoms with Crippen molar-refractivity contribution in [2.75, 3.05) is 20.2 Å². The second kappa shape index (κ2) is 8.81. The van der Waals surface area contributed by atoms with E-state index < -0.39 is 17.6 Å². The van der Waals surface area contributed by atoms with E-state index in [-0.39, 0.29) is 24.8 Å². The minimum Gasteiger partial charge on any atom is -0.496 e. The highest BCUT2D eigenvalue weighted by Gasteiger charge is 2.41. The number of methoxy groups -OCH3 is 1. The van der Waals surface area contributed by atoms with Gasteiger partial charge in [-0.05, 0) is 37.5 Å². The number of carbonyl (C=O) groups is 3. The number of hydrogen-bond donors (Lipinski definition) is 2. The molecule has 3 amide bonds. The zero-order valence-corrected chi connectivity index (χ0v) is 19.1. The molecule has 1 atom stereocenters. The Kier molecular flexibility index (Phi) is 5.83. The first-order valence-corrected chi connectivity index (χ1v) is 11.6. The Bertz CT molecular complexity index is 1140. The highest BCUT2D eigenvalue weighted by Crippen LogP contribution is 2.35. The number of nitrogens with zero attached hydrogens (tertiary/aromatic N) is 3. The molecule has 4 heterocycles. The molecule has 0 saturated carbocycles. The van der Waals surface area contributed by atoms with Gasteiger partial charge in [-0.2, -0.15) is 0 Å². The topological polar surface area (TPSA) is 112 Å². The molecule has 1 unspecified atom stereocenters. The fourth-order valence-electron chi connectivity index (χ4n) is 5.11. The molecule has 3 aliphatic heterocycles. The second-order valence-corrected chi connectivity index (χ2v) is 9.21. The van der Waals surface area contributed by atoms with Crippen LogP contribution in [0.1, 0.15) is 53.0 Å². The molecule has 0 bridgehead atoms. The van der Waals surface area contributed by atoms with Gasteiger partial charge < -0.3 is 14.7 Å². The van der Waals surface area contributed by atoms with E-state index in [1.165, 1.54) is 4.90 Å². The number of aliphatic hydroxyl groups is 1. The summed E-state index contributed by atoms with van der Waals surface area (Å²) in [6, 6.07) is 10.7. The Labute approximate surface area is 197 Å². The van der Waals surface area contributed by atoms with Crippen LogP contribution in [0.5, 0.6) is 5.75 Å². The average molecular weight is 465 g/mol. The van der Waals surface area contributed by atoms with Gasteiger partial charge in [0.15, 0.2) is 0 Å². The molecule has 2 fully saturated rings. The summed E-state index contributed by atoms with van der Waals surface area (Å²) < 4.78 is 5.45. The standard InChI is InChI=1S/C25H28N4O5/c1-34-20-5-3-2-4-16(20)14-28-12-10-25(33,11-13-28)21-8-6-17-18(26-21)15-29(24(17)32)19-7-9-22(30)27-23(19)31/h2-6,8,19,33H,7,9-15H2,1H3,(H,27,30,31). The number of pyridine rings is 1. The van der Waals surface area contributed by atoms with Gasteiger partial charge in [-0.1, -0.05) is 18.2 Å². The van der Waals surface area contributed by atoms with E-state index in [0.29, 0.717) is 49.3 Å². The van der Waals surface area contributed by atoms with E-state index in [1.54, 1.807) is 19.2 Å². The van der Waals surface area contributed by atoms with Crippen molar-refractivity contribution in [2.24, 2.45) is 0 Å². The Morgan fingerprint density at radius 1 is 1.15 bits per heavy atom. The monoisotopic (exact) mass is 464 g/mol. The summed E-state index contributed by atoms with van der Waals surface area (Å²) in [5.41, 5.74) is 1.61. The number of fused-ring (bicyclic) bond motifs is 1. The molecule has 5 rings (SSSR count). The zero-order valence-electron chi connectivity index (χ0n) is 19.1. The SMILES string of the molecule is COc1ccccc1CN1CCC(O)(c2ccc3c(n2)CN(C2CCC(=O)NC2=O)C3=O)CC1. The lowest BCUT2D eigenvalue weighted by Crippen LogP contribution is -2.52. The van der Waals surface area contributed by atoms with Crippen molar-refractivity contribution in [2.45, 2.75) is 50.4 Å². The van der Waals surface area contributed by atoms with Crippen molar-refractivity contribution in [3.63, 3.8) is 0 Å². The number of carbonyl (C=O) groups excluding carboxylic acids is 3. The highest BCUT2D eigenvalue weighted by atomic mass is 16.5. The van der Waals surface area contributed by atoms with E-state index in [0.717, 1.165) is 17.9 Å². The van der Waals surface area contributed by atoms with Gasteiger partial charge in [0.25, 0.3) is 5.91 Å². The minimum atomic E-state index is -1.07. The van der Waals surface area contributed by atoms with Gasteiger partial charge >= 0.3 is 0 Å². The number of hydrogen-bond acceptors (Lipinski definition) is 7. The molecule has 9 heteroatoms. The van der Waals surface area contributed by atoms with Crippen LogP contribution in [0.4, 0.5) is 0 Å². The fourth-order valence-corrected chi connectivity index (χ4v) is 5.11. The maximum Gasteiger partial charge on any atom is 0.256 e. The molecule has 2 N–H and O–H groups in total. The summed E-state index contributed by atoms with van der Waals surface area (Å²) in [5.74, 6) is -0.167. The number of benzene rings is 1. The lowest BCUT2D eigenvalue weighted by molar-refractivity contribution is -0.136. The summed E-state index contributed by atoms with van der Waals surface area (Å²) in [5, 5.41) is 13.7. The van der Waals surface area contributed by atoms with Crippen LogP contribution in [0.2, 0.25) is 0 Å². The molecule has 178 valence electrons. The van der Waals surface area contributed by atoms with Crippen LogP contribution in [-0.2, 0) is 28.3 Å². The molecule has 3 aliphatic rings. The molecule has 34 heavy (non-hydrogen) atoms. The van der Waals surface area contributed by atoms with Crippen LogP contribution in [0.3, 0.4) is 0 Å². The second-order valence-electron chi connectivity index (χ2n) is 9.21. The number of ether oxygens (including phenoxy) is 1. The molecule has 2 saturated heterocycles. The van der Waals surface area contributed by atoms with E-state index in [9.17, 15) is 19.5 Å². The maximum atomic E-state index is 12.9. The van der Waals surface area contributed by atoms with Gasteiger partial charge in [-0.3, -0.25) is 29.6 Å². The van der Waals surface area contributed by atoms with Crippen LogP contribution < -0.4 is 10.1 Å². The van der Waals surface area contributed by atoms with E-state index in [2.05, 4.69) is 15.2 Å². The lowest BCUT2D eigenvalue weighted by Gasteiger charge is -2.38. The summed E-state index contributed by atoms with van der Waals surface area (Å²) in [6.07, 6.45) is 1.57. The summed E-state index contributed by atoms with van der Waals surface area (Å²) in [4.78, 5) is 45.1. The van der Waals surface area contributed by atoms with E-state index >= 15 is 0 Å². The van der Waals surface area contributed by atoms with Crippen molar-refractivity contribution >= 4 is 17.7 Å². The number of likely N-dealkylation sites (tertiary alicyclic amines) is 1. The molecule has 2 aromatic rings. The molecule has 0 radical (unpaired) electrons. The van der Waals surface area contributed by atoms with Crippen molar-refractivity contribution in [3.8, 4) is 5.75 Å². The van der Waals surface area contributed by atoms with Crippen molar-refractivity contribution < 1.29 is 24.2 Å². The first-order valence-electron chi connectivity index (χ1n) is 11.6. The molecule has 9 nitrogen and oxygen atoms in total. The van der Waals surface area contributed by atoms with Crippen molar-refractivity contribution in [1.82, 2.24) is 20.1 Å². The minimum absolute atomic E-state index is 0.199. The quantitative estimate of drug-likeness (QED) is 0.642. The van der Waals surface area contributed by atoms with Crippen LogP contribution in [0.15, 0.2) is 36.4 Å². The number of piperidine rings is 2. The lowest BCUT2D eigenvalue weighted by atomic mass is 9.87. The Morgan fingerprint density at radius 2 is 1.91 bits per heavy atom. The zero-order chi connectivity index (χ0) is 23.9. The third-order valence-electron chi connectivity index (χ3n) is 7.12. The predicted molar refractivity (Wildman–Crippen MR) is 122 cm³/mol. The van der Waals surface area contributed by atoms with E-state index in [1.807, 2.05) is 24.3 Å². The van der Waals surface area contributed by atoms with Crippen molar-refractivity contribution in [1.29, 1.82) is 0 Å². The molecule has 0 aliphatic carbocycles. The average Bonchev–Trinajstić information content (AvgIpc) is 3.16. The van der Waals surface area contributed by atoms with Gasteiger partial charge in [0, 0.05) is 31.6 Å². The van der Waals surface area contributed by atoms with Gasteiger partial charge in [-0.25, -0.2) is 0 Å². The van der Waals surface area contributed by atoms with Gasteiger partial charge in [0.1, 0.15) is 17.4 Å². The molecule has 1 aromatic carbocycles. The number of amides is 3. The third kappa shape index (κ3) is 4.05. The molecular formula is C25H28N4O5. The first-order chi connectivity index (χ1) is 16.4. The highest BCUT2D eigenvalue weighted by molar-refractivity contribution is 6.05. The number of aromatic nitrogens is 1. The molecular weight excluding hydrogens is 436 g/mol. The van der Waals surface area contributed by atoms with Crippen LogP contribution >= 0.6 is 0 Å². The number of nitrogens with one attached hydrogen (secondary N) is 1. The van der Waals surface area contributed by atoms with Crippen LogP contribution in [0.25, 0.3) is 0 Å². The first kappa shape index (κ1) is 22.5. The third-order valence-corrected chi connectivity index (χ3v) is 7.12. The Balaban J connectivity index is 1.27. The maximum absolute atomic E-state index is 12.9. The Hall–Kier alpha value is -3.30. The summed E-state index contributed by atoms with van der Waals surface area (Å²) in [7, 11) is 1.67. The summed E-state index contributed by atoms with van der Waals surface area (Å²) >= 11 is 0.